The summed E-state index contributed by atoms with van der Waals surface area (Å²) in [6.45, 7) is 7.76. The Hall–Kier alpha value is -1.30. The predicted molar refractivity (Wildman–Crippen MR) is 118 cm³/mol. The number of alkyl halides is 3. The molecule has 2 N–H and O–H groups in total. The lowest BCUT2D eigenvalue weighted by molar-refractivity contribution is -0.137. The number of likely N-dealkylation sites (tertiary alicyclic amines) is 1. The average molecular weight is 527 g/mol. The minimum absolute atomic E-state index is 0. The van der Waals surface area contributed by atoms with E-state index in [-0.39, 0.29) is 29.4 Å². The molecule has 0 bridgehead atoms. The van der Waals surface area contributed by atoms with Gasteiger partial charge < -0.3 is 20.3 Å². The summed E-state index contributed by atoms with van der Waals surface area (Å²) >= 11 is 0. The molecule has 29 heavy (non-hydrogen) atoms. The summed E-state index contributed by atoms with van der Waals surface area (Å²) < 4.78 is 43.2. The number of guanidine groups is 1. The molecule has 3 heterocycles. The van der Waals surface area contributed by atoms with Crippen molar-refractivity contribution in [2.45, 2.75) is 32.4 Å². The number of aromatic nitrogens is 1. The van der Waals surface area contributed by atoms with Crippen molar-refractivity contribution >= 4 is 35.8 Å². The second-order valence-corrected chi connectivity index (χ2v) is 7.42. The van der Waals surface area contributed by atoms with E-state index in [0.717, 1.165) is 70.3 Å². The van der Waals surface area contributed by atoms with Gasteiger partial charge in [-0.15, -0.1) is 24.0 Å². The standard InChI is InChI=1S/C19H28F3N5O.HI/c1-2-23-17(27-10-6-18(13-27)7-11-28-14-18)25-9-3-8-24-16-5-4-15(12-26-16)19(20,21)22;/h4-5,12H,2-3,6-11,13-14H2,1H3,(H,23,25)(H,24,26);1H. The van der Waals surface area contributed by atoms with Crippen LogP contribution in [0.5, 0.6) is 0 Å². The first kappa shape index (κ1) is 24.0. The lowest BCUT2D eigenvalue weighted by Crippen LogP contribution is -2.41. The molecule has 2 aliphatic heterocycles. The van der Waals surface area contributed by atoms with E-state index < -0.39 is 11.7 Å². The number of hydrogen-bond donors (Lipinski definition) is 2. The van der Waals surface area contributed by atoms with Crippen LogP contribution in [0.1, 0.15) is 31.7 Å². The third-order valence-corrected chi connectivity index (χ3v) is 5.25. The molecule has 2 saturated heterocycles. The molecular weight excluding hydrogens is 498 g/mol. The molecule has 6 nitrogen and oxygen atoms in total. The number of nitrogens with zero attached hydrogens (tertiary/aromatic N) is 3. The van der Waals surface area contributed by atoms with Crippen LogP contribution in [0, 0.1) is 5.41 Å². The predicted octanol–water partition coefficient (Wildman–Crippen LogP) is 3.60. The largest absolute Gasteiger partial charge is 0.417 e. The van der Waals surface area contributed by atoms with Crippen molar-refractivity contribution in [2.75, 3.05) is 51.3 Å². The maximum atomic E-state index is 12.5. The van der Waals surface area contributed by atoms with E-state index in [1.807, 2.05) is 0 Å². The first-order valence-electron chi connectivity index (χ1n) is 9.80. The van der Waals surface area contributed by atoms with Gasteiger partial charge in [0, 0.05) is 50.9 Å². The third kappa shape index (κ3) is 6.59. The topological polar surface area (TPSA) is 61.8 Å². The molecule has 1 unspecified atom stereocenters. The van der Waals surface area contributed by atoms with E-state index >= 15 is 0 Å². The molecule has 10 heteroatoms. The number of anilines is 1. The van der Waals surface area contributed by atoms with Gasteiger partial charge in [0.25, 0.3) is 0 Å². The highest BCUT2D eigenvalue weighted by atomic mass is 127. The minimum atomic E-state index is -4.36. The summed E-state index contributed by atoms with van der Waals surface area (Å²) in [5.41, 5.74) is -0.458. The summed E-state index contributed by atoms with van der Waals surface area (Å²) in [5, 5.41) is 6.40. The smallest absolute Gasteiger partial charge is 0.381 e. The van der Waals surface area contributed by atoms with Gasteiger partial charge in [-0.3, -0.25) is 4.99 Å². The number of halogens is 4. The van der Waals surface area contributed by atoms with Crippen LogP contribution in [0.2, 0.25) is 0 Å². The highest BCUT2D eigenvalue weighted by molar-refractivity contribution is 14.0. The van der Waals surface area contributed by atoms with Gasteiger partial charge in [-0.25, -0.2) is 4.98 Å². The second-order valence-electron chi connectivity index (χ2n) is 7.42. The van der Waals surface area contributed by atoms with E-state index in [1.54, 1.807) is 0 Å². The van der Waals surface area contributed by atoms with E-state index in [9.17, 15) is 13.2 Å². The summed E-state index contributed by atoms with van der Waals surface area (Å²) in [6, 6.07) is 2.39. The quantitative estimate of drug-likeness (QED) is 0.256. The molecule has 0 radical (unpaired) electrons. The summed E-state index contributed by atoms with van der Waals surface area (Å²) in [5.74, 6) is 1.37. The molecule has 2 fully saturated rings. The fourth-order valence-electron chi connectivity index (χ4n) is 3.66. The molecule has 2 aliphatic rings. The number of pyridine rings is 1. The van der Waals surface area contributed by atoms with Crippen LogP contribution >= 0.6 is 24.0 Å². The summed E-state index contributed by atoms with van der Waals surface area (Å²) in [6.07, 6.45) is -0.493. The van der Waals surface area contributed by atoms with Crippen LogP contribution in [-0.2, 0) is 10.9 Å². The Morgan fingerprint density at radius 3 is 2.79 bits per heavy atom. The highest BCUT2D eigenvalue weighted by Gasteiger charge is 2.42. The van der Waals surface area contributed by atoms with Gasteiger partial charge in [-0.1, -0.05) is 0 Å². The maximum absolute atomic E-state index is 12.5. The molecular formula is C19H29F3IN5O. The van der Waals surface area contributed by atoms with Crippen LogP contribution in [0.25, 0.3) is 0 Å². The number of ether oxygens (including phenoxy) is 1. The molecule has 1 spiro atoms. The fraction of sp³-hybridized carbons (Fsp3) is 0.684. The van der Waals surface area contributed by atoms with Crippen LogP contribution in [-0.4, -0.2) is 61.8 Å². The Morgan fingerprint density at radius 1 is 1.34 bits per heavy atom. The second kappa shape index (κ2) is 10.6. The number of rotatable bonds is 6. The van der Waals surface area contributed by atoms with Crippen molar-refractivity contribution in [1.29, 1.82) is 0 Å². The van der Waals surface area contributed by atoms with Crippen molar-refractivity contribution in [3.63, 3.8) is 0 Å². The SMILES string of the molecule is CCNC(=NCCCNc1ccc(C(F)(F)F)cn1)N1CCC2(CCOC2)C1.I. The van der Waals surface area contributed by atoms with E-state index in [0.29, 0.717) is 18.9 Å². The van der Waals surface area contributed by atoms with Crippen LogP contribution in [0.3, 0.4) is 0 Å². The third-order valence-electron chi connectivity index (χ3n) is 5.25. The lowest BCUT2D eigenvalue weighted by Gasteiger charge is -2.25. The molecule has 0 saturated carbocycles. The maximum Gasteiger partial charge on any atom is 0.417 e. The first-order chi connectivity index (χ1) is 13.4. The van der Waals surface area contributed by atoms with Gasteiger partial charge in [0.15, 0.2) is 5.96 Å². The normalized spacial score (nSPS) is 22.1. The van der Waals surface area contributed by atoms with Crippen molar-refractivity contribution < 1.29 is 17.9 Å². The van der Waals surface area contributed by atoms with Gasteiger partial charge in [-0.05, 0) is 38.3 Å². The minimum Gasteiger partial charge on any atom is -0.381 e. The van der Waals surface area contributed by atoms with Crippen molar-refractivity contribution in [3.8, 4) is 0 Å². The Kier molecular flexibility index (Phi) is 8.80. The zero-order valence-electron chi connectivity index (χ0n) is 16.6. The first-order valence-corrected chi connectivity index (χ1v) is 9.80. The van der Waals surface area contributed by atoms with Crippen LogP contribution in [0.15, 0.2) is 23.3 Å². The van der Waals surface area contributed by atoms with Crippen LogP contribution < -0.4 is 10.6 Å². The Labute approximate surface area is 186 Å². The fourth-order valence-corrected chi connectivity index (χ4v) is 3.66. The Balaban J connectivity index is 0.00000300. The Morgan fingerprint density at radius 2 is 2.17 bits per heavy atom. The summed E-state index contributed by atoms with van der Waals surface area (Å²) in [7, 11) is 0. The van der Waals surface area contributed by atoms with E-state index in [1.165, 1.54) is 6.07 Å². The summed E-state index contributed by atoms with van der Waals surface area (Å²) in [4.78, 5) is 10.8. The van der Waals surface area contributed by atoms with Gasteiger partial charge in [0.2, 0.25) is 0 Å². The molecule has 1 aromatic heterocycles. The van der Waals surface area contributed by atoms with E-state index in [4.69, 9.17) is 9.73 Å². The van der Waals surface area contributed by atoms with Gasteiger partial charge >= 0.3 is 6.18 Å². The molecule has 1 atom stereocenters. The molecule has 0 aromatic carbocycles. The molecule has 3 rings (SSSR count). The molecule has 0 aliphatic carbocycles. The lowest BCUT2D eigenvalue weighted by atomic mass is 9.87. The van der Waals surface area contributed by atoms with Gasteiger partial charge in [0.1, 0.15) is 5.82 Å². The van der Waals surface area contributed by atoms with Crippen molar-refractivity contribution in [2.24, 2.45) is 10.4 Å². The van der Waals surface area contributed by atoms with Crippen molar-refractivity contribution in [3.05, 3.63) is 23.9 Å². The van der Waals surface area contributed by atoms with Gasteiger partial charge in [-0.2, -0.15) is 13.2 Å². The molecule has 1 aromatic rings. The number of nitrogens with one attached hydrogen (secondary N) is 2. The van der Waals surface area contributed by atoms with Gasteiger partial charge in [0.05, 0.1) is 12.2 Å². The van der Waals surface area contributed by atoms with Crippen LogP contribution in [0.4, 0.5) is 19.0 Å². The average Bonchev–Trinajstić information content (AvgIpc) is 3.30. The van der Waals surface area contributed by atoms with Crippen molar-refractivity contribution in [1.82, 2.24) is 15.2 Å². The Bertz CT molecular complexity index is 663. The molecule has 164 valence electrons. The molecule has 0 amide bonds. The highest BCUT2D eigenvalue weighted by Crippen LogP contribution is 2.38. The number of aliphatic imine (C=N–C) groups is 1. The zero-order valence-corrected chi connectivity index (χ0v) is 18.9. The zero-order chi connectivity index (χ0) is 20.0. The monoisotopic (exact) mass is 527 g/mol. The van der Waals surface area contributed by atoms with E-state index in [2.05, 4.69) is 27.4 Å². The number of hydrogen-bond acceptors (Lipinski definition) is 4.